The van der Waals surface area contributed by atoms with E-state index < -0.39 is 5.82 Å². The van der Waals surface area contributed by atoms with Gasteiger partial charge >= 0.3 is 0 Å². The largest absolute Gasteiger partial charge is 0.334 e. The number of halogens is 3. The van der Waals surface area contributed by atoms with Crippen LogP contribution in [0.25, 0.3) is 11.0 Å². The molecule has 0 bridgehead atoms. The van der Waals surface area contributed by atoms with Gasteiger partial charge in [-0.1, -0.05) is 11.6 Å². The monoisotopic (exact) mass is 449 g/mol. The fourth-order valence-electron chi connectivity index (χ4n) is 3.16. The molecule has 4 nitrogen and oxygen atoms in total. The second kappa shape index (κ2) is 7.24. The molecular formula is C20H18BrClFN3O. The number of hydrogen-bond donors (Lipinski definition) is 0. The van der Waals surface area contributed by atoms with Crippen molar-refractivity contribution in [3.63, 3.8) is 0 Å². The highest BCUT2D eigenvalue weighted by atomic mass is 79.9. The smallest absolute Gasteiger partial charge is 0.254 e. The summed E-state index contributed by atoms with van der Waals surface area (Å²) in [7, 11) is 1.73. The highest BCUT2D eigenvalue weighted by molar-refractivity contribution is 9.10. The predicted octanol–water partition coefficient (Wildman–Crippen LogP) is 5.27. The van der Waals surface area contributed by atoms with Gasteiger partial charge in [-0.3, -0.25) is 4.79 Å². The number of carbonyl (C=O) groups excluding carboxylic acids is 1. The number of fused-ring (bicyclic) bond motifs is 1. The van der Waals surface area contributed by atoms with Gasteiger partial charge in [0.05, 0.1) is 22.1 Å². The predicted molar refractivity (Wildman–Crippen MR) is 107 cm³/mol. The van der Waals surface area contributed by atoms with Crippen LogP contribution < -0.4 is 0 Å². The molecule has 140 valence electrons. The van der Waals surface area contributed by atoms with E-state index >= 15 is 0 Å². The molecule has 3 aromatic rings. The van der Waals surface area contributed by atoms with Crippen LogP contribution in [0.4, 0.5) is 4.39 Å². The number of carbonyl (C=O) groups is 1. The lowest BCUT2D eigenvalue weighted by Crippen LogP contribution is -2.28. The first kappa shape index (κ1) is 18.4. The van der Waals surface area contributed by atoms with E-state index in [1.807, 2.05) is 18.2 Å². The molecule has 2 aromatic carbocycles. The molecule has 0 radical (unpaired) electrons. The van der Waals surface area contributed by atoms with Crippen molar-refractivity contribution in [2.24, 2.45) is 5.92 Å². The van der Waals surface area contributed by atoms with E-state index in [9.17, 15) is 9.18 Å². The highest BCUT2D eigenvalue weighted by Crippen LogP contribution is 2.33. The van der Waals surface area contributed by atoms with Crippen molar-refractivity contribution in [2.75, 3.05) is 7.05 Å². The summed E-state index contributed by atoms with van der Waals surface area (Å²) in [5, 5.41) is 0.673. The van der Waals surface area contributed by atoms with Gasteiger partial charge in [0.1, 0.15) is 11.6 Å². The van der Waals surface area contributed by atoms with Crippen molar-refractivity contribution in [3.8, 4) is 0 Å². The van der Waals surface area contributed by atoms with Crippen molar-refractivity contribution >= 4 is 44.5 Å². The second-order valence-electron chi connectivity index (χ2n) is 7.01. The van der Waals surface area contributed by atoms with Gasteiger partial charge in [-0.15, -0.1) is 0 Å². The fourth-order valence-corrected chi connectivity index (χ4v) is 3.71. The summed E-state index contributed by atoms with van der Waals surface area (Å²) in [6.07, 6.45) is 2.44. The van der Waals surface area contributed by atoms with E-state index in [4.69, 9.17) is 16.6 Å². The van der Waals surface area contributed by atoms with Crippen LogP contribution in [0.1, 0.15) is 29.0 Å². The normalized spacial score (nSPS) is 13.9. The Morgan fingerprint density at radius 3 is 2.81 bits per heavy atom. The first-order valence-corrected chi connectivity index (χ1v) is 9.94. The zero-order valence-corrected chi connectivity index (χ0v) is 17.1. The molecule has 7 heteroatoms. The van der Waals surface area contributed by atoms with Crippen molar-refractivity contribution < 1.29 is 9.18 Å². The molecule has 1 aliphatic rings. The Hall–Kier alpha value is -1.92. The average molecular weight is 451 g/mol. The minimum absolute atomic E-state index is 0.182. The summed E-state index contributed by atoms with van der Waals surface area (Å²) >= 11 is 9.31. The van der Waals surface area contributed by atoms with Gasteiger partial charge in [-0.25, -0.2) is 9.37 Å². The molecular weight excluding hydrogens is 433 g/mol. The lowest BCUT2D eigenvalue weighted by Gasteiger charge is -2.18. The van der Waals surface area contributed by atoms with Gasteiger partial charge in [-0.2, -0.15) is 0 Å². The summed E-state index contributed by atoms with van der Waals surface area (Å²) < 4.78 is 15.9. The molecule has 1 amide bonds. The SMILES string of the molecule is CN(Cc1nc2ccc(Cl)cc2n1CC1CC1)C(=O)c1ccc(F)c(Br)c1. The Labute approximate surface area is 170 Å². The minimum Gasteiger partial charge on any atom is -0.334 e. The molecule has 0 aliphatic heterocycles. The van der Waals surface area contributed by atoms with Crippen molar-refractivity contribution in [1.82, 2.24) is 14.5 Å². The molecule has 0 saturated heterocycles. The Morgan fingerprint density at radius 1 is 1.33 bits per heavy atom. The lowest BCUT2D eigenvalue weighted by molar-refractivity contribution is 0.0780. The van der Waals surface area contributed by atoms with Crippen molar-refractivity contribution in [3.05, 3.63) is 63.1 Å². The summed E-state index contributed by atoms with van der Waals surface area (Å²) in [5.41, 5.74) is 2.30. The van der Waals surface area contributed by atoms with Crippen molar-refractivity contribution in [2.45, 2.75) is 25.9 Å². The van der Waals surface area contributed by atoms with Gasteiger partial charge in [0.2, 0.25) is 0 Å². The maximum atomic E-state index is 13.4. The van der Waals surface area contributed by atoms with Crippen molar-refractivity contribution in [1.29, 1.82) is 0 Å². The molecule has 1 aliphatic carbocycles. The number of hydrogen-bond acceptors (Lipinski definition) is 2. The van der Waals surface area contributed by atoms with Crippen LogP contribution >= 0.6 is 27.5 Å². The number of aromatic nitrogens is 2. The third kappa shape index (κ3) is 3.87. The van der Waals surface area contributed by atoms with Crippen LogP contribution in [-0.4, -0.2) is 27.4 Å². The van der Waals surface area contributed by atoms with E-state index in [2.05, 4.69) is 20.5 Å². The molecule has 0 spiro atoms. The van der Waals surface area contributed by atoms with Crippen LogP contribution in [-0.2, 0) is 13.1 Å². The van der Waals surface area contributed by atoms with E-state index in [0.29, 0.717) is 23.0 Å². The third-order valence-electron chi connectivity index (χ3n) is 4.82. The quantitative estimate of drug-likeness (QED) is 0.531. The number of amides is 1. The lowest BCUT2D eigenvalue weighted by atomic mass is 10.2. The molecule has 1 fully saturated rings. The van der Waals surface area contributed by atoms with Crippen LogP contribution in [0.3, 0.4) is 0 Å². The molecule has 0 unspecified atom stereocenters. The first-order chi connectivity index (χ1) is 12.9. The van der Waals surface area contributed by atoms with Crippen LogP contribution in [0.2, 0.25) is 5.02 Å². The van der Waals surface area contributed by atoms with Gasteiger partial charge in [0.25, 0.3) is 5.91 Å². The number of imidazole rings is 1. The summed E-state index contributed by atoms with van der Waals surface area (Å²) in [5.74, 6) is 0.918. The van der Waals surface area contributed by atoms with E-state index in [1.165, 1.54) is 31.0 Å². The summed E-state index contributed by atoms with van der Waals surface area (Å²) in [6.45, 7) is 1.25. The fraction of sp³-hybridized carbons (Fsp3) is 0.300. The van der Waals surface area contributed by atoms with E-state index in [0.717, 1.165) is 23.4 Å². The maximum absolute atomic E-state index is 13.4. The highest BCUT2D eigenvalue weighted by Gasteiger charge is 2.25. The van der Waals surface area contributed by atoms with Gasteiger partial charge in [0, 0.05) is 24.2 Å². The Kier molecular flexibility index (Phi) is 4.95. The Bertz CT molecular complexity index is 1030. The number of rotatable bonds is 5. The van der Waals surface area contributed by atoms with Crippen LogP contribution in [0.5, 0.6) is 0 Å². The molecule has 27 heavy (non-hydrogen) atoms. The molecule has 0 N–H and O–H groups in total. The maximum Gasteiger partial charge on any atom is 0.254 e. The Balaban J connectivity index is 1.63. The van der Waals surface area contributed by atoms with Gasteiger partial charge in [0.15, 0.2) is 0 Å². The summed E-state index contributed by atoms with van der Waals surface area (Å²) in [4.78, 5) is 19.1. The topological polar surface area (TPSA) is 38.1 Å². The van der Waals surface area contributed by atoms with E-state index in [1.54, 1.807) is 11.9 Å². The molecule has 1 saturated carbocycles. The van der Waals surface area contributed by atoms with Crippen LogP contribution in [0.15, 0.2) is 40.9 Å². The van der Waals surface area contributed by atoms with Gasteiger partial charge < -0.3 is 9.47 Å². The second-order valence-corrected chi connectivity index (χ2v) is 8.30. The van der Waals surface area contributed by atoms with Gasteiger partial charge in [-0.05, 0) is 71.1 Å². The van der Waals surface area contributed by atoms with Crippen LogP contribution in [0, 0.1) is 11.7 Å². The third-order valence-corrected chi connectivity index (χ3v) is 5.66. The zero-order valence-electron chi connectivity index (χ0n) is 14.8. The Morgan fingerprint density at radius 2 is 2.11 bits per heavy atom. The number of benzene rings is 2. The minimum atomic E-state index is -0.391. The van der Waals surface area contributed by atoms with E-state index in [-0.39, 0.29) is 10.4 Å². The molecule has 1 aromatic heterocycles. The standard InChI is InChI=1S/C20H18BrClFN3O/c1-25(20(27)13-4-6-16(23)15(21)8-13)11-19-24-17-7-5-14(22)9-18(17)26(19)10-12-2-3-12/h4-9,12H,2-3,10-11H2,1H3. The average Bonchev–Trinajstić information content (AvgIpc) is 3.40. The number of nitrogens with zero attached hydrogens (tertiary/aromatic N) is 3. The summed E-state index contributed by atoms with van der Waals surface area (Å²) in [6, 6.07) is 9.94. The first-order valence-electron chi connectivity index (χ1n) is 8.77. The zero-order chi connectivity index (χ0) is 19.1. The molecule has 4 rings (SSSR count). The molecule has 1 heterocycles. The molecule has 0 atom stereocenters.